The first-order valence-electron chi connectivity index (χ1n) is 12.2. The van der Waals surface area contributed by atoms with Crippen LogP contribution in [0.25, 0.3) is 12.2 Å². The van der Waals surface area contributed by atoms with Crippen LogP contribution in [-0.4, -0.2) is 0 Å². The highest BCUT2D eigenvalue weighted by Gasteiger charge is 2.24. The zero-order chi connectivity index (χ0) is 22.5. The molecule has 0 saturated carbocycles. The molecule has 0 nitrogen and oxygen atoms in total. The summed E-state index contributed by atoms with van der Waals surface area (Å²) in [6.07, 6.45) is 9.90. The molecule has 0 heteroatoms. The maximum absolute atomic E-state index is 3.97. The lowest BCUT2D eigenvalue weighted by Crippen LogP contribution is -2.13. The molecular formula is C32H36. The maximum atomic E-state index is 3.97. The molecule has 0 spiro atoms. The molecule has 1 aliphatic carbocycles. The van der Waals surface area contributed by atoms with E-state index in [0.717, 1.165) is 12.8 Å². The number of benzene rings is 3. The third-order valence-electron chi connectivity index (χ3n) is 7.40. The minimum absolute atomic E-state index is 0.503. The van der Waals surface area contributed by atoms with Crippen molar-refractivity contribution in [2.24, 2.45) is 0 Å². The van der Waals surface area contributed by atoms with Crippen molar-refractivity contribution >= 4 is 12.2 Å². The van der Waals surface area contributed by atoms with Gasteiger partial charge in [-0.3, -0.25) is 0 Å². The molecule has 0 radical (unpaired) electrons. The second-order valence-electron chi connectivity index (χ2n) is 9.45. The Bertz CT molecular complexity index is 1090. The zero-order valence-electron chi connectivity index (χ0n) is 19.7. The summed E-state index contributed by atoms with van der Waals surface area (Å²) in [6, 6.07) is 25.1. The molecule has 1 aliphatic rings. The van der Waals surface area contributed by atoms with Crippen LogP contribution in [0.2, 0.25) is 0 Å². The highest BCUT2D eigenvalue weighted by Crippen LogP contribution is 2.40. The van der Waals surface area contributed by atoms with Gasteiger partial charge in [-0.1, -0.05) is 106 Å². The van der Waals surface area contributed by atoms with E-state index < -0.39 is 0 Å². The molecule has 0 saturated heterocycles. The summed E-state index contributed by atoms with van der Waals surface area (Å²) < 4.78 is 0. The fourth-order valence-corrected chi connectivity index (χ4v) is 5.21. The normalized spacial score (nSPS) is 15.2. The first-order chi connectivity index (χ1) is 15.6. The van der Waals surface area contributed by atoms with E-state index in [0.29, 0.717) is 17.8 Å². The van der Waals surface area contributed by atoms with Crippen LogP contribution >= 0.6 is 0 Å². The Labute approximate surface area is 194 Å². The third-order valence-corrected chi connectivity index (χ3v) is 7.40. The lowest BCUT2D eigenvalue weighted by Gasteiger charge is -2.29. The van der Waals surface area contributed by atoms with Crippen LogP contribution < -0.4 is 0 Å². The van der Waals surface area contributed by atoms with E-state index in [-0.39, 0.29) is 0 Å². The van der Waals surface area contributed by atoms with E-state index in [2.05, 4.69) is 93.7 Å². The second-order valence-corrected chi connectivity index (χ2v) is 9.45. The van der Waals surface area contributed by atoms with E-state index in [1.165, 1.54) is 47.1 Å². The van der Waals surface area contributed by atoms with E-state index >= 15 is 0 Å². The zero-order valence-corrected chi connectivity index (χ0v) is 19.7. The summed E-state index contributed by atoms with van der Waals surface area (Å²) in [5.41, 5.74) is 9.92. The van der Waals surface area contributed by atoms with Crippen molar-refractivity contribution < 1.29 is 0 Å². The molecule has 0 fully saturated rings. The van der Waals surface area contributed by atoms with Crippen LogP contribution in [0.15, 0.2) is 79.9 Å². The molecule has 32 heavy (non-hydrogen) atoms. The van der Waals surface area contributed by atoms with Gasteiger partial charge in [0, 0.05) is 0 Å². The summed E-state index contributed by atoms with van der Waals surface area (Å²) in [5, 5.41) is 0. The van der Waals surface area contributed by atoms with Crippen LogP contribution in [0.4, 0.5) is 0 Å². The standard InChI is InChI=1S/C32H36/c1-5-24-10-8-12-28(19-24)23(4)18-32(31-17-15-27-14-16-30(27)22-31)21-26(7-3)29-13-9-11-25(6-2)20-29/h5-6,8-13,15,17,19-20,22-23,26,32H,1-2,7,14,16,18,21H2,3-4H3. The van der Waals surface area contributed by atoms with Gasteiger partial charge in [0.1, 0.15) is 0 Å². The van der Waals surface area contributed by atoms with E-state index in [1.807, 2.05) is 12.2 Å². The summed E-state index contributed by atoms with van der Waals surface area (Å²) in [7, 11) is 0. The molecule has 0 bridgehead atoms. The monoisotopic (exact) mass is 420 g/mol. The highest BCUT2D eigenvalue weighted by molar-refractivity contribution is 5.49. The van der Waals surface area contributed by atoms with Gasteiger partial charge < -0.3 is 0 Å². The second kappa shape index (κ2) is 10.2. The molecule has 3 aromatic rings. The quantitative estimate of drug-likeness (QED) is 0.307. The molecule has 3 aromatic carbocycles. The summed E-state index contributed by atoms with van der Waals surface area (Å²) in [5.74, 6) is 1.60. The maximum Gasteiger partial charge on any atom is -0.0150 e. The lowest BCUT2D eigenvalue weighted by molar-refractivity contribution is 0.466. The Balaban J connectivity index is 1.62. The number of aryl methyl sites for hydroxylation is 2. The smallest absolute Gasteiger partial charge is 0.0150 e. The predicted octanol–water partition coefficient (Wildman–Crippen LogP) is 8.93. The Morgan fingerprint density at radius 3 is 1.94 bits per heavy atom. The van der Waals surface area contributed by atoms with E-state index in [4.69, 9.17) is 0 Å². The molecule has 0 aromatic heterocycles. The van der Waals surface area contributed by atoms with Crippen molar-refractivity contribution in [1.29, 1.82) is 0 Å². The van der Waals surface area contributed by atoms with Gasteiger partial charge in [-0.2, -0.15) is 0 Å². The molecule has 0 aliphatic heterocycles. The van der Waals surface area contributed by atoms with Gasteiger partial charge in [-0.05, 0) is 88.8 Å². The summed E-state index contributed by atoms with van der Waals surface area (Å²) >= 11 is 0. The molecule has 164 valence electrons. The van der Waals surface area contributed by atoms with Gasteiger partial charge in [0.2, 0.25) is 0 Å². The number of hydrogen-bond acceptors (Lipinski definition) is 0. The van der Waals surface area contributed by atoms with Crippen molar-refractivity contribution in [1.82, 2.24) is 0 Å². The molecular weight excluding hydrogens is 384 g/mol. The molecule has 4 rings (SSSR count). The van der Waals surface area contributed by atoms with Gasteiger partial charge in [0.25, 0.3) is 0 Å². The SMILES string of the molecule is C=Cc1cccc(C(C)CC(CC(CC)c2cccc(C=C)c2)c2ccc3c(c2)CC3)c1. The predicted molar refractivity (Wildman–Crippen MR) is 140 cm³/mol. The number of fused-ring (bicyclic) bond motifs is 1. The fraction of sp³-hybridized carbons (Fsp3) is 0.312. The number of rotatable bonds is 10. The van der Waals surface area contributed by atoms with Crippen molar-refractivity contribution in [3.8, 4) is 0 Å². The van der Waals surface area contributed by atoms with Crippen molar-refractivity contribution in [2.45, 2.75) is 63.7 Å². The average molecular weight is 421 g/mol. The molecule has 3 unspecified atom stereocenters. The van der Waals surface area contributed by atoms with Crippen LogP contribution in [0, 0.1) is 0 Å². The van der Waals surface area contributed by atoms with Crippen molar-refractivity contribution in [3.63, 3.8) is 0 Å². The van der Waals surface area contributed by atoms with Crippen LogP contribution in [-0.2, 0) is 12.8 Å². The Kier molecular flexibility index (Phi) is 7.10. The average Bonchev–Trinajstić information content (AvgIpc) is 2.82. The van der Waals surface area contributed by atoms with Crippen LogP contribution in [0.3, 0.4) is 0 Å². The van der Waals surface area contributed by atoms with Crippen molar-refractivity contribution in [3.05, 3.63) is 119 Å². The molecule has 0 N–H and O–H groups in total. The van der Waals surface area contributed by atoms with Gasteiger partial charge >= 0.3 is 0 Å². The first kappa shape index (κ1) is 22.3. The molecule has 0 amide bonds. The van der Waals surface area contributed by atoms with Crippen molar-refractivity contribution in [2.75, 3.05) is 0 Å². The fourth-order valence-electron chi connectivity index (χ4n) is 5.21. The van der Waals surface area contributed by atoms with Gasteiger partial charge in [0.05, 0.1) is 0 Å². The minimum atomic E-state index is 0.503. The summed E-state index contributed by atoms with van der Waals surface area (Å²) in [4.78, 5) is 0. The Morgan fingerprint density at radius 2 is 1.34 bits per heavy atom. The van der Waals surface area contributed by atoms with E-state index in [9.17, 15) is 0 Å². The van der Waals surface area contributed by atoms with E-state index in [1.54, 1.807) is 11.1 Å². The van der Waals surface area contributed by atoms with Crippen LogP contribution in [0.5, 0.6) is 0 Å². The Morgan fingerprint density at radius 1 is 0.719 bits per heavy atom. The minimum Gasteiger partial charge on any atom is -0.0985 e. The van der Waals surface area contributed by atoms with Crippen LogP contribution in [0.1, 0.15) is 89.8 Å². The van der Waals surface area contributed by atoms with Gasteiger partial charge in [0.15, 0.2) is 0 Å². The van der Waals surface area contributed by atoms with Gasteiger partial charge in [-0.15, -0.1) is 0 Å². The lowest BCUT2D eigenvalue weighted by atomic mass is 9.76. The first-order valence-corrected chi connectivity index (χ1v) is 12.2. The largest absolute Gasteiger partial charge is 0.0985 e. The number of hydrogen-bond donors (Lipinski definition) is 0. The molecule has 3 atom stereocenters. The summed E-state index contributed by atoms with van der Waals surface area (Å²) in [6.45, 7) is 12.6. The molecule has 0 heterocycles. The van der Waals surface area contributed by atoms with Gasteiger partial charge in [-0.25, -0.2) is 0 Å². The Hall–Kier alpha value is -2.86. The topological polar surface area (TPSA) is 0 Å². The third kappa shape index (κ3) is 4.96. The highest BCUT2D eigenvalue weighted by atomic mass is 14.3.